The number of benzene rings is 2. The Labute approximate surface area is 169 Å². The molecule has 0 amide bonds. The molecule has 0 radical (unpaired) electrons. The van der Waals surface area contributed by atoms with Crippen LogP contribution in [0.4, 0.5) is 11.5 Å². The molecule has 3 nitrogen and oxygen atoms in total. The summed E-state index contributed by atoms with van der Waals surface area (Å²) in [6, 6.07) is 13.4. The maximum atomic E-state index is 4.58. The van der Waals surface area contributed by atoms with Gasteiger partial charge in [-0.25, -0.2) is 9.97 Å². The van der Waals surface area contributed by atoms with Gasteiger partial charge >= 0.3 is 0 Å². The van der Waals surface area contributed by atoms with Gasteiger partial charge in [-0.2, -0.15) is 0 Å². The van der Waals surface area contributed by atoms with Crippen LogP contribution in [0, 0.1) is 13.8 Å². The topological polar surface area (TPSA) is 37.8 Å². The molecule has 0 atom stereocenters. The molecule has 2 aromatic heterocycles. The summed E-state index contributed by atoms with van der Waals surface area (Å²) < 4.78 is 0. The Balaban J connectivity index is 1.60. The average molecular weight is 386 g/mol. The Hall–Kier alpha value is -2.72. The summed E-state index contributed by atoms with van der Waals surface area (Å²) in [6.45, 7) is 4.27. The molecule has 0 spiro atoms. The number of aryl methyl sites for hydroxylation is 4. The van der Waals surface area contributed by atoms with E-state index < -0.39 is 0 Å². The van der Waals surface area contributed by atoms with Gasteiger partial charge in [0.2, 0.25) is 0 Å². The second-order valence-electron chi connectivity index (χ2n) is 7.67. The molecular weight excluding hydrogens is 362 g/mol. The van der Waals surface area contributed by atoms with Crippen LogP contribution in [0.3, 0.4) is 0 Å². The van der Waals surface area contributed by atoms with Crippen molar-refractivity contribution in [2.24, 2.45) is 0 Å². The van der Waals surface area contributed by atoms with Crippen molar-refractivity contribution in [2.75, 3.05) is 5.32 Å². The van der Waals surface area contributed by atoms with Crippen LogP contribution in [-0.2, 0) is 12.8 Å². The van der Waals surface area contributed by atoms with Crippen molar-refractivity contribution in [3.05, 3.63) is 70.4 Å². The van der Waals surface area contributed by atoms with E-state index in [1.807, 2.05) is 0 Å². The lowest BCUT2D eigenvalue weighted by Crippen LogP contribution is -2.02. The predicted octanol–water partition coefficient (Wildman–Crippen LogP) is 6.60. The number of thiophene rings is 1. The summed E-state index contributed by atoms with van der Waals surface area (Å²) in [7, 11) is 0. The molecule has 1 aliphatic carbocycles. The Morgan fingerprint density at radius 1 is 0.893 bits per heavy atom. The minimum Gasteiger partial charge on any atom is -0.340 e. The van der Waals surface area contributed by atoms with Crippen molar-refractivity contribution in [3.8, 4) is 11.1 Å². The van der Waals surface area contributed by atoms with E-state index in [0.717, 1.165) is 21.7 Å². The quantitative estimate of drug-likeness (QED) is 0.432. The lowest BCUT2D eigenvalue weighted by Gasteiger charge is -2.16. The van der Waals surface area contributed by atoms with Crippen LogP contribution in [0.2, 0.25) is 0 Å². The molecule has 0 saturated carbocycles. The van der Waals surface area contributed by atoms with Gasteiger partial charge in [0, 0.05) is 16.6 Å². The Morgan fingerprint density at radius 2 is 1.75 bits per heavy atom. The first kappa shape index (κ1) is 17.4. The molecule has 0 aliphatic heterocycles. The molecule has 0 unspecified atom stereocenters. The predicted molar refractivity (Wildman–Crippen MR) is 119 cm³/mol. The summed E-state index contributed by atoms with van der Waals surface area (Å²) >= 11 is 1.69. The van der Waals surface area contributed by atoms with Crippen LogP contribution < -0.4 is 5.32 Å². The Bertz CT molecular complexity index is 1180. The number of hydrogen-bond acceptors (Lipinski definition) is 4. The molecule has 4 heteroatoms. The molecule has 2 heterocycles. The van der Waals surface area contributed by atoms with Crippen LogP contribution >= 0.6 is 11.3 Å². The first-order valence-corrected chi connectivity index (χ1v) is 10.8. The number of aromatic nitrogens is 2. The van der Waals surface area contributed by atoms with Gasteiger partial charge in [-0.1, -0.05) is 24.3 Å². The summed E-state index contributed by atoms with van der Waals surface area (Å²) in [5, 5.41) is 6.86. The van der Waals surface area contributed by atoms with E-state index in [4.69, 9.17) is 0 Å². The molecule has 28 heavy (non-hydrogen) atoms. The number of nitrogens with zero attached hydrogens (tertiary/aromatic N) is 2. The fraction of sp³-hybridized carbons (Fsp3) is 0.250. The zero-order valence-electron chi connectivity index (χ0n) is 16.2. The maximum Gasteiger partial charge on any atom is 0.143 e. The zero-order valence-corrected chi connectivity index (χ0v) is 17.1. The van der Waals surface area contributed by atoms with Crippen molar-refractivity contribution in [3.63, 3.8) is 0 Å². The fourth-order valence-corrected chi connectivity index (χ4v) is 4.96. The number of anilines is 2. The standard InChI is InChI=1S/C24H23N3S/c1-15-7-10-20(11-16(15)2)27-23-22-21(13-28-24(22)26-14-25-23)19-9-8-17-5-3-4-6-18(17)12-19/h7-14H,3-6H2,1-2H3,(H,25,26,27). The third-order valence-corrected chi connectivity index (χ3v) is 6.69. The van der Waals surface area contributed by atoms with Crippen LogP contribution in [-0.4, -0.2) is 9.97 Å². The molecule has 4 aromatic rings. The van der Waals surface area contributed by atoms with Gasteiger partial charge in [-0.05, 0) is 79.5 Å². The van der Waals surface area contributed by atoms with Gasteiger partial charge in [0.1, 0.15) is 17.0 Å². The van der Waals surface area contributed by atoms with Crippen molar-refractivity contribution in [1.82, 2.24) is 9.97 Å². The summed E-state index contributed by atoms with van der Waals surface area (Å²) in [5.74, 6) is 0.877. The van der Waals surface area contributed by atoms with Gasteiger partial charge in [0.15, 0.2) is 0 Å². The van der Waals surface area contributed by atoms with Gasteiger partial charge in [0.25, 0.3) is 0 Å². The molecule has 2 aromatic carbocycles. The molecule has 5 rings (SSSR count). The lowest BCUT2D eigenvalue weighted by atomic mass is 9.89. The zero-order chi connectivity index (χ0) is 19.1. The van der Waals surface area contributed by atoms with Gasteiger partial charge in [-0.3, -0.25) is 0 Å². The molecule has 0 saturated heterocycles. The van der Waals surface area contributed by atoms with E-state index >= 15 is 0 Å². The van der Waals surface area contributed by atoms with Gasteiger partial charge < -0.3 is 5.32 Å². The summed E-state index contributed by atoms with van der Waals surface area (Å²) in [6.07, 6.45) is 6.66. The summed E-state index contributed by atoms with van der Waals surface area (Å²) in [5.41, 5.74) is 9.14. The van der Waals surface area contributed by atoms with E-state index in [9.17, 15) is 0 Å². The highest BCUT2D eigenvalue weighted by Gasteiger charge is 2.16. The molecule has 0 fully saturated rings. The second kappa shape index (κ2) is 7.02. The lowest BCUT2D eigenvalue weighted by molar-refractivity contribution is 0.686. The SMILES string of the molecule is Cc1ccc(Nc2ncnc3scc(-c4ccc5c(c4)CCCC5)c23)cc1C. The average Bonchev–Trinajstić information content (AvgIpc) is 3.16. The fourth-order valence-electron chi connectivity index (χ4n) is 4.04. The summed E-state index contributed by atoms with van der Waals surface area (Å²) in [4.78, 5) is 10.1. The first-order valence-electron chi connectivity index (χ1n) is 9.88. The van der Waals surface area contributed by atoms with E-state index in [1.165, 1.54) is 59.1 Å². The van der Waals surface area contributed by atoms with Gasteiger partial charge in [0.05, 0.1) is 5.39 Å². The molecule has 140 valence electrons. The van der Waals surface area contributed by atoms with Crippen molar-refractivity contribution in [2.45, 2.75) is 39.5 Å². The van der Waals surface area contributed by atoms with Gasteiger partial charge in [-0.15, -0.1) is 11.3 Å². The number of hydrogen-bond donors (Lipinski definition) is 1. The number of rotatable bonds is 3. The Kier molecular flexibility index (Phi) is 4.36. The smallest absolute Gasteiger partial charge is 0.143 e. The van der Waals surface area contributed by atoms with Crippen molar-refractivity contribution < 1.29 is 0 Å². The van der Waals surface area contributed by atoms with Crippen LogP contribution in [0.1, 0.15) is 35.1 Å². The highest BCUT2D eigenvalue weighted by molar-refractivity contribution is 7.17. The van der Waals surface area contributed by atoms with E-state index in [1.54, 1.807) is 17.7 Å². The van der Waals surface area contributed by atoms with E-state index in [2.05, 4.69) is 70.9 Å². The van der Waals surface area contributed by atoms with Crippen LogP contribution in [0.15, 0.2) is 48.1 Å². The van der Waals surface area contributed by atoms with E-state index in [0.29, 0.717) is 0 Å². The highest BCUT2D eigenvalue weighted by Crippen LogP contribution is 2.38. The minimum absolute atomic E-state index is 0.877. The Morgan fingerprint density at radius 3 is 2.61 bits per heavy atom. The third-order valence-electron chi connectivity index (χ3n) is 5.80. The highest BCUT2D eigenvalue weighted by atomic mass is 32.1. The molecule has 1 N–H and O–H groups in total. The van der Waals surface area contributed by atoms with Crippen LogP contribution in [0.25, 0.3) is 21.3 Å². The first-order chi connectivity index (χ1) is 13.7. The third kappa shape index (κ3) is 3.08. The minimum atomic E-state index is 0.877. The van der Waals surface area contributed by atoms with Crippen LogP contribution in [0.5, 0.6) is 0 Å². The second-order valence-corrected chi connectivity index (χ2v) is 8.52. The molecular formula is C24H23N3S. The number of nitrogens with one attached hydrogen (secondary N) is 1. The monoisotopic (exact) mass is 385 g/mol. The molecule has 1 aliphatic rings. The van der Waals surface area contributed by atoms with Crippen molar-refractivity contribution >= 4 is 33.1 Å². The largest absolute Gasteiger partial charge is 0.340 e. The van der Waals surface area contributed by atoms with Crippen molar-refractivity contribution in [1.29, 1.82) is 0 Å². The number of fused-ring (bicyclic) bond motifs is 2. The molecule has 0 bridgehead atoms. The normalized spacial score (nSPS) is 13.5. The maximum absolute atomic E-state index is 4.58. The van der Waals surface area contributed by atoms with E-state index in [-0.39, 0.29) is 0 Å².